The molecule has 0 bridgehead atoms. The lowest BCUT2D eigenvalue weighted by Gasteiger charge is -2.26. The number of carbonyl (C=O) groups excluding carboxylic acids is 5. The van der Waals surface area contributed by atoms with Gasteiger partial charge in [-0.1, -0.05) is 80.6 Å². The van der Waals surface area contributed by atoms with Gasteiger partial charge in [0.1, 0.15) is 18.1 Å². The molecular formula is C33H43N5O6. The van der Waals surface area contributed by atoms with Gasteiger partial charge in [-0.15, -0.1) is 0 Å². The Bertz CT molecular complexity index is 1280. The molecule has 11 heteroatoms. The molecule has 5 amide bonds. The molecule has 44 heavy (non-hydrogen) atoms. The smallest absolute Gasteiger partial charge is 0.328 e. The average Bonchev–Trinajstić information content (AvgIpc) is 3.01. The standard InChI is InChI=1S/C33H43N5O6/c1-22(2)29(32(42)44-3)38-33(43)37-27(21-24-14-8-5-9-15-24)31(41)36-26-16-10-11-19-34-28(39)18-17-25(35-30(26)40)20-23-12-6-4-7-13-23/h4-9,12-15,17-18,22,25-27,29H,10-11,16,19-21H2,1-3H3,(H,34,39)(H,35,40)(H,36,41)(H2,37,38,43)/b18-17+/t25-,26+,27+,29?/m1/s1. The number of urea groups is 1. The molecule has 1 heterocycles. The van der Waals surface area contributed by atoms with E-state index in [0.29, 0.717) is 32.2 Å². The van der Waals surface area contributed by atoms with Gasteiger partial charge in [-0.3, -0.25) is 14.4 Å². The summed E-state index contributed by atoms with van der Waals surface area (Å²) in [5, 5.41) is 14.0. The summed E-state index contributed by atoms with van der Waals surface area (Å²) in [6, 6.07) is 14.7. The van der Waals surface area contributed by atoms with Gasteiger partial charge < -0.3 is 31.3 Å². The Morgan fingerprint density at radius 3 is 2.23 bits per heavy atom. The van der Waals surface area contributed by atoms with Crippen LogP contribution in [0, 0.1) is 5.92 Å². The highest BCUT2D eigenvalue weighted by Crippen LogP contribution is 2.10. The van der Waals surface area contributed by atoms with Crippen molar-refractivity contribution in [2.24, 2.45) is 5.92 Å². The van der Waals surface area contributed by atoms with Crippen molar-refractivity contribution >= 4 is 29.7 Å². The molecule has 0 spiro atoms. The van der Waals surface area contributed by atoms with Gasteiger partial charge in [0, 0.05) is 19.0 Å². The summed E-state index contributed by atoms with van der Waals surface area (Å²) < 4.78 is 4.81. The van der Waals surface area contributed by atoms with Crippen molar-refractivity contribution in [2.45, 2.75) is 70.1 Å². The lowest BCUT2D eigenvalue weighted by atomic mass is 10.0. The van der Waals surface area contributed by atoms with Gasteiger partial charge in [-0.05, 0) is 42.7 Å². The largest absolute Gasteiger partial charge is 0.467 e. The molecule has 0 aromatic heterocycles. The van der Waals surface area contributed by atoms with E-state index in [1.54, 1.807) is 19.9 Å². The Labute approximate surface area is 258 Å². The monoisotopic (exact) mass is 605 g/mol. The SMILES string of the molecule is COC(=O)C(NC(=O)N[C@@H](Cc1ccccc1)C(=O)N[C@H]1CCCCNC(=O)/C=C/[C@H](Cc2ccccc2)NC1=O)C(C)C. The highest BCUT2D eigenvalue weighted by molar-refractivity contribution is 5.93. The minimum Gasteiger partial charge on any atom is -0.467 e. The summed E-state index contributed by atoms with van der Waals surface area (Å²) in [4.78, 5) is 64.7. The van der Waals surface area contributed by atoms with E-state index >= 15 is 0 Å². The summed E-state index contributed by atoms with van der Waals surface area (Å²) in [5.41, 5.74) is 1.77. The Kier molecular flexibility index (Phi) is 13.4. The summed E-state index contributed by atoms with van der Waals surface area (Å²) in [7, 11) is 1.24. The Hall–Kier alpha value is -4.67. The van der Waals surface area contributed by atoms with Crippen LogP contribution in [-0.2, 0) is 36.8 Å². The van der Waals surface area contributed by atoms with Crippen molar-refractivity contribution in [1.29, 1.82) is 0 Å². The van der Waals surface area contributed by atoms with Gasteiger partial charge in [0.15, 0.2) is 0 Å². The molecule has 0 saturated carbocycles. The van der Waals surface area contributed by atoms with E-state index in [-0.39, 0.29) is 18.2 Å². The van der Waals surface area contributed by atoms with Crippen LogP contribution in [0.3, 0.4) is 0 Å². The summed E-state index contributed by atoms with van der Waals surface area (Å²) in [6.07, 6.45) is 5.19. The van der Waals surface area contributed by atoms with Crippen LogP contribution >= 0.6 is 0 Å². The number of amides is 5. The second-order valence-corrected chi connectivity index (χ2v) is 11.1. The van der Waals surface area contributed by atoms with Gasteiger partial charge in [-0.2, -0.15) is 0 Å². The van der Waals surface area contributed by atoms with Crippen molar-refractivity contribution in [1.82, 2.24) is 26.6 Å². The molecule has 2 aromatic rings. The summed E-state index contributed by atoms with van der Waals surface area (Å²) in [5.74, 6) is -2.02. The van der Waals surface area contributed by atoms with Crippen LogP contribution in [0.15, 0.2) is 72.8 Å². The fourth-order valence-corrected chi connectivity index (χ4v) is 4.83. The highest BCUT2D eigenvalue weighted by Gasteiger charge is 2.30. The first-order valence-corrected chi connectivity index (χ1v) is 15.0. The number of rotatable bonds is 10. The Morgan fingerprint density at radius 1 is 0.932 bits per heavy atom. The molecule has 1 unspecified atom stereocenters. The Balaban J connectivity index is 1.79. The third-order valence-electron chi connectivity index (χ3n) is 7.27. The number of benzene rings is 2. The van der Waals surface area contributed by atoms with Gasteiger partial charge in [0.25, 0.3) is 0 Å². The van der Waals surface area contributed by atoms with Crippen molar-refractivity contribution in [3.8, 4) is 0 Å². The van der Waals surface area contributed by atoms with Crippen LogP contribution in [0.25, 0.3) is 0 Å². The molecular weight excluding hydrogens is 562 g/mol. The molecule has 0 radical (unpaired) electrons. The van der Waals surface area contributed by atoms with Gasteiger partial charge in [0.2, 0.25) is 17.7 Å². The lowest BCUT2D eigenvalue weighted by Crippen LogP contribution is -2.58. The Morgan fingerprint density at radius 2 is 1.59 bits per heavy atom. The van der Waals surface area contributed by atoms with E-state index < -0.39 is 48.0 Å². The van der Waals surface area contributed by atoms with Gasteiger partial charge in [-0.25, -0.2) is 9.59 Å². The number of hydrogen-bond donors (Lipinski definition) is 5. The molecule has 1 aliphatic rings. The van der Waals surface area contributed by atoms with Crippen LogP contribution in [0.1, 0.15) is 44.2 Å². The minimum absolute atomic E-state index is 0.157. The van der Waals surface area contributed by atoms with Crippen molar-refractivity contribution in [3.63, 3.8) is 0 Å². The summed E-state index contributed by atoms with van der Waals surface area (Å²) >= 11 is 0. The zero-order valence-electron chi connectivity index (χ0n) is 25.5. The van der Waals surface area contributed by atoms with Crippen LogP contribution in [0.2, 0.25) is 0 Å². The molecule has 1 aliphatic heterocycles. The number of hydrogen-bond acceptors (Lipinski definition) is 6. The van der Waals surface area contributed by atoms with Crippen LogP contribution in [0.5, 0.6) is 0 Å². The molecule has 2 aromatic carbocycles. The normalized spacial score (nSPS) is 19.5. The quantitative estimate of drug-likeness (QED) is 0.262. The van der Waals surface area contributed by atoms with E-state index in [1.165, 1.54) is 13.2 Å². The number of nitrogens with one attached hydrogen (secondary N) is 5. The predicted molar refractivity (Wildman–Crippen MR) is 166 cm³/mol. The maximum Gasteiger partial charge on any atom is 0.328 e. The zero-order valence-corrected chi connectivity index (χ0v) is 25.5. The fraction of sp³-hybridized carbons (Fsp3) is 0.424. The molecule has 5 N–H and O–H groups in total. The molecule has 0 fully saturated rings. The first-order valence-electron chi connectivity index (χ1n) is 15.0. The number of methoxy groups -OCH3 is 1. The van der Waals surface area contributed by atoms with Crippen molar-refractivity contribution < 1.29 is 28.7 Å². The summed E-state index contributed by atoms with van der Waals surface area (Å²) in [6.45, 7) is 3.97. The number of carbonyl (C=O) groups is 5. The van der Waals surface area contributed by atoms with Crippen molar-refractivity contribution in [3.05, 3.63) is 83.9 Å². The van der Waals surface area contributed by atoms with Gasteiger partial charge in [0.05, 0.1) is 13.2 Å². The first-order chi connectivity index (χ1) is 21.2. The average molecular weight is 606 g/mol. The molecule has 236 valence electrons. The molecule has 0 aliphatic carbocycles. The van der Waals surface area contributed by atoms with E-state index in [9.17, 15) is 24.0 Å². The topological polar surface area (TPSA) is 155 Å². The van der Waals surface area contributed by atoms with E-state index in [1.807, 2.05) is 60.7 Å². The van der Waals surface area contributed by atoms with E-state index in [2.05, 4.69) is 26.6 Å². The molecule has 11 nitrogen and oxygen atoms in total. The molecule has 3 rings (SSSR count). The second-order valence-electron chi connectivity index (χ2n) is 11.1. The molecule has 0 saturated heterocycles. The van der Waals surface area contributed by atoms with E-state index in [0.717, 1.165) is 11.1 Å². The van der Waals surface area contributed by atoms with Crippen LogP contribution < -0.4 is 26.6 Å². The maximum absolute atomic E-state index is 13.7. The second kappa shape index (κ2) is 17.4. The van der Waals surface area contributed by atoms with Crippen molar-refractivity contribution in [2.75, 3.05) is 13.7 Å². The van der Waals surface area contributed by atoms with Crippen LogP contribution in [0.4, 0.5) is 4.79 Å². The van der Waals surface area contributed by atoms with E-state index in [4.69, 9.17) is 4.74 Å². The zero-order chi connectivity index (χ0) is 31.9. The number of esters is 1. The molecule has 4 atom stereocenters. The third-order valence-corrected chi connectivity index (χ3v) is 7.27. The fourth-order valence-electron chi connectivity index (χ4n) is 4.83. The van der Waals surface area contributed by atoms with Gasteiger partial charge >= 0.3 is 12.0 Å². The maximum atomic E-state index is 13.7. The third kappa shape index (κ3) is 11.2. The predicted octanol–water partition coefficient (Wildman–Crippen LogP) is 2.16. The minimum atomic E-state index is -1.05. The number of ether oxygens (including phenoxy) is 1. The lowest BCUT2D eigenvalue weighted by molar-refractivity contribution is -0.144. The first kappa shape index (κ1) is 33.8. The highest BCUT2D eigenvalue weighted by atomic mass is 16.5. The van der Waals surface area contributed by atoms with Crippen LogP contribution in [-0.4, -0.2) is 67.5 Å².